The van der Waals surface area contributed by atoms with Gasteiger partial charge in [-0.15, -0.1) is 0 Å². The normalized spacial score (nSPS) is 11.5. The molecule has 74 valence electrons. The van der Waals surface area contributed by atoms with Gasteiger partial charge in [0.1, 0.15) is 0 Å². The molecule has 0 spiro atoms. The van der Waals surface area contributed by atoms with Crippen LogP contribution in [-0.2, 0) is 0 Å². The molecule has 0 radical (unpaired) electrons. The van der Waals surface area contributed by atoms with Crippen molar-refractivity contribution in [2.75, 3.05) is 32.8 Å². The van der Waals surface area contributed by atoms with E-state index in [4.69, 9.17) is 0 Å². The van der Waals surface area contributed by atoms with Crippen LogP contribution in [0, 0.1) is 0 Å². The average molecular weight is 172 g/mol. The van der Waals surface area contributed by atoms with Crippen LogP contribution in [0.5, 0.6) is 0 Å². The predicted molar refractivity (Wildman–Crippen MR) is 55.3 cm³/mol. The summed E-state index contributed by atoms with van der Waals surface area (Å²) in [6.45, 7) is 14.8. The zero-order chi connectivity index (χ0) is 9.40. The molecule has 0 heterocycles. The first-order valence-corrected chi connectivity index (χ1v) is 5.23. The second-order valence-corrected chi connectivity index (χ2v) is 3.16. The highest BCUT2D eigenvalue weighted by Crippen LogP contribution is 1.95. The van der Waals surface area contributed by atoms with Crippen molar-refractivity contribution in [2.45, 2.75) is 34.1 Å². The van der Waals surface area contributed by atoms with Gasteiger partial charge in [0.25, 0.3) is 0 Å². The molecule has 0 N–H and O–H groups in total. The summed E-state index contributed by atoms with van der Waals surface area (Å²) in [5, 5.41) is 0. The van der Waals surface area contributed by atoms with E-state index in [0.29, 0.717) is 0 Å². The van der Waals surface area contributed by atoms with Crippen LogP contribution in [0.2, 0.25) is 0 Å². The molecule has 0 aliphatic heterocycles. The molecule has 0 amide bonds. The summed E-state index contributed by atoms with van der Waals surface area (Å²) in [7, 11) is 0. The third kappa shape index (κ3) is 4.73. The molecule has 0 aromatic carbocycles. The van der Waals surface area contributed by atoms with Crippen LogP contribution < -0.4 is 0 Å². The maximum atomic E-state index is 2.49. The molecule has 0 unspecified atom stereocenters. The van der Waals surface area contributed by atoms with Crippen LogP contribution >= 0.6 is 0 Å². The molecule has 0 saturated heterocycles. The first-order valence-electron chi connectivity index (χ1n) is 5.23. The van der Waals surface area contributed by atoms with E-state index in [2.05, 4.69) is 37.5 Å². The largest absolute Gasteiger partial charge is 0.291 e. The van der Waals surface area contributed by atoms with E-state index < -0.39 is 0 Å². The first kappa shape index (κ1) is 11.9. The highest BCUT2D eigenvalue weighted by Gasteiger charge is 2.04. The Morgan fingerprint density at radius 2 is 1.25 bits per heavy atom. The maximum absolute atomic E-state index is 2.49. The van der Waals surface area contributed by atoms with Gasteiger partial charge >= 0.3 is 0 Å². The topological polar surface area (TPSA) is 6.48 Å². The molecule has 0 rings (SSSR count). The summed E-state index contributed by atoms with van der Waals surface area (Å²) in [5.41, 5.74) is 0. The van der Waals surface area contributed by atoms with Crippen molar-refractivity contribution in [1.82, 2.24) is 9.80 Å². The van der Waals surface area contributed by atoms with Gasteiger partial charge in [0.15, 0.2) is 0 Å². The fraction of sp³-hybridized carbons (Fsp3) is 1.00. The van der Waals surface area contributed by atoms with Crippen molar-refractivity contribution < 1.29 is 0 Å². The van der Waals surface area contributed by atoms with Gasteiger partial charge in [-0.25, -0.2) is 0 Å². The second kappa shape index (κ2) is 7.56. The minimum Gasteiger partial charge on any atom is -0.291 e. The molecule has 12 heavy (non-hydrogen) atoms. The average Bonchev–Trinajstić information content (AvgIpc) is 2.12. The lowest BCUT2D eigenvalue weighted by Gasteiger charge is -2.27. The van der Waals surface area contributed by atoms with E-state index in [1.807, 2.05) is 0 Å². The van der Waals surface area contributed by atoms with E-state index in [-0.39, 0.29) is 0 Å². The zero-order valence-corrected chi connectivity index (χ0v) is 9.14. The highest BCUT2D eigenvalue weighted by molar-refractivity contribution is 4.55. The molecule has 0 aromatic heterocycles. The smallest absolute Gasteiger partial charge is 0.0505 e. The van der Waals surface area contributed by atoms with Gasteiger partial charge in [0, 0.05) is 0 Å². The van der Waals surface area contributed by atoms with E-state index >= 15 is 0 Å². The van der Waals surface area contributed by atoms with Gasteiger partial charge in [-0.05, 0) is 32.6 Å². The van der Waals surface area contributed by atoms with Crippen LogP contribution in [-0.4, -0.2) is 42.6 Å². The van der Waals surface area contributed by atoms with Gasteiger partial charge in [0.2, 0.25) is 0 Å². The monoisotopic (exact) mass is 172 g/mol. The van der Waals surface area contributed by atoms with Crippen molar-refractivity contribution in [2.24, 2.45) is 0 Å². The fourth-order valence-corrected chi connectivity index (χ4v) is 1.35. The lowest BCUT2D eigenvalue weighted by atomic mass is 10.4. The van der Waals surface area contributed by atoms with E-state index in [0.717, 1.165) is 19.8 Å². The molecule has 0 atom stereocenters. The molecule has 0 saturated carbocycles. The Morgan fingerprint density at radius 3 is 1.58 bits per heavy atom. The molecular formula is C10H24N2. The Hall–Kier alpha value is -0.0800. The third-order valence-corrected chi connectivity index (χ3v) is 2.28. The standard InChI is InChI=1S/C10H24N2/c1-5-9-12(8-4)10-11(6-2)7-3/h5-10H2,1-4H3. The Bertz CT molecular complexity index is 89.8. The summed E-state index contributed by atoms with van der Waals surface area (Å²) in [4.78, 5) is 4.95. The van der Waals surface area contributed by atoms with Crippen molar-refractivity contribution in [3.63, 3.8) is 0 Å². The minimum atomic E-state index is 1.14. The number of rotatable bonds is 7. The van der Waals surface area contributed by atoms with Crippen LogP contribution in [0.4, 0.5) is 0 Å². The SMILES string of the molecule is CCCN(CC)CN(CC)CC. The second-order valence-electron chi connectivity index (χ2n) is 3.16. The van der Waals surface area contributed by atoms with Gasteiger partial charge in [-0.2, -0.15) is 0 Å². The lowest BCUT2D eigenvalue weighted by Crippen LogP contribution is -2.38. The van der Waals surface area contributed by atoms with Gasteiger partial charge in [-0.1, -0.05) is 27.7 Å². The molecule has 0 aromatic rings. The summed E-state index contributed by atoms with van der Waals surface area (Å²) in [6.07, 6.45) is 1.26. The Morgan fingerprint density at radius 1 is 0.750 bits per heavy atom. The number of hydrogen-bond donors (Lipinski definition) is 0. The molecule has 2 heteroatoms. The van der Waals surface area contributed by atoms with E-state index in [1.165, 1.54) is 19.5 Å². The molecule has 0 aliphatic carbocycles. The predicted octanol–water partition coefficient (Wildman–Crippen LogP) is 2.02. The van der Waals surface area contributed by atoms with Gasteiger partial charge in [0.05, 0.1) is 6.67 Å². The van der Waals surface area contributed by atoms with E-state index in [9.17, 15) is 0 Å². The summed E-state index contributed by atoms with van der Waals surface area (Å²) >= 11 is 0. The fourth-order valence-electron chi connectivity index (χ4n) is 1.35. The molecule has 0 fully saturated rings. The Kier molecular flexibility index (Phi) is 7.51. The van der Waals surface area contributed by atoms with Crippen molar-refractivity contribution in [1.29, 1.82) is 0 Å². The van der Waals surface area contributed by atoms with Crippen molar-refractivity contribution >= 4 is 0 Å². The van der Waals surface area contributed by atoms with Crippen LogP contribution in [0.25, 0.3) is 0 Å². The highest BCUT2D eigenvalue weighted by atomic mass is 15.3. The Labute approximate surface area is 77.5 Å². The maximum Gasteiger partial charge on any atom is 0.0505 e. The first-order chi connectivity index (χ1) is 5.78. The summed E-state index contributed by atoms with van der Waals surface area (Å²) in [5.74, 6) is 0. The van der Waals surface area contributed by atoms with Crippen molar-refractivity contribution in [3.05, 3.63) is 0 Å². The molecular weight excluding hydrogens is 148 g/mol. The van der Waals surface area contributed by atoms with Crippen molar-refractivity contribution in [3.8, 4) is 0 Å². The Balaban J connectivity index is 3.65. The third-order valence-electron chi connectivity index (χ3n) is 2.28. The van der Waals surface area contributed by atoms with Gasteiger partial charge in [-0.3, -0.25) is 9.80 Å². The molecule has 2 nitrogen and oxygen atoms in total. The summed E-state index contributed by atoms with van der Waals surface area (Å²) in [6, 6.07) is 0. The quantitative estimate of drug-likeness (QED) is 0.542. The van der Waals surface area contributed by atoms with E-state index in [1.54, 1.807) is 0 Å². The van der Waals surface area contributed by atoms with Crippen LogP contribution in [0.3, 0.4) is 0 Å². The number of nitrogens with zero attached hydrogens (tertiary/aromatic N) is 2. The van der Waals surface area contributed by atoms with Crippen LogP contribution in [0.15, 0.2) is 0 Å². The summed E-state index contributed by atoms with van der Waals surface area (Å²) < 4.78 is 0. The van der Waals surface area contributed by atoms with Crippen LogP contribution in [0.1, 0.15) is 34.1 Å². The number of hydrogen-bond acceptors (Lipinski definition) is 2. The molecule has 0 aliphatic rings. The lowest BCUT2D eigenvalue weighted by molar-refractivity contribution is 0.147. The zero-order valence-electron chi connectivity index (χ0n) is 9.14. The molecule has 0 bridgehead atoms. The van der Waals surface area contributed by atoms with Gasteiger partial charge < -0.3 is 0 Å². The minimum absolute atomic E-state index is 1.14.